The molecule has 106 valence electrons. The van der Waals surface area contributed by atoms with Gasteiger partial charge >= 0.3 is 5.97 Å². The molecule has 3 N–H and O–H groups in total. The molecule has 0 saturated carbocycles. The normalized spacial score (nSPS) is 11.6. The zero-order chi connectivity index (χ0) is 15.4. The SMILES string of the molecule is C/C(N)=C(\C#N)C(=O)COC(=O)c1n[nH]c2ccccc12. The van der Waals surface area contributed by atoms with E-state index in [1.807, 2.05) is 0 Å². The van der Waals surface area contributed by atoms with Crippen LogP contribution in [0.5, 0.6) is 0 Å². The number of aromatic nitrogens is 2. The number of ether oxygens (including phenoxy) is 1. The van der Waals surface area contributed by atoms with Crippen LogP contribution < -0.4 is 5.73 Å². The Labute approximate surface area is 120 Å². The molecule has 7 nitrogen and oxygen atoms in total. The molecule has 21 heavy (non-hydrogen) atoms. The zero-order valence-electron chi connectivity index (χ0n) is 11.2. The van der Waals surface area contributed by atoms with Gasteiger partial charge in [-0.1, -0.05) is 18.2 Å². The van der Waals surface area contributed by atoms with Gasteiger partial charge in [-0.05, 0) is 13.0 Å². The number of benzene rings is 1. The molecule has 0 bridgehead atoms. The van der Waals surface area contributed by atoms with Crippen molar-refractivity contribution in [1.29, 1.82) is 5.26 Å². The number of allylic oxidation sites excluding steroid dienone is 1. The number of carbonyl (C=O) groups is 2. The van der Waals surface area contributed by atoms with Crippen molar-refractivity contribution in [2.45, 2.75) is 6.92 Å². The van der Waals surface area contributed by atoms with E-state index in [9.17, 15) is 9.59 Å². The monoisotopic (exact) mass is 284 g/mol. The van der Waals surface area contributed by atoms with Gasteiger partial charge in [0.15, 0.2) is 12.3 Å². The van der Waals surface area contributed by atoms with E-state index < -0.39 is 18.4 Å². The standard InChI is InChI=1S/C14H12N4O3/c1-8(16)10(6-15)12(19)7-21-14(20)13-9-4-2-3-5-11(9)17-18-13/h2-5H,7,16H2,1H3,(H,17,18)/b10-8-. The molecule has 1 heterocycles. The fraction of sp³-hybridized carbons (Fsp3) is 0.143. The molecule has 0 aliphatic carbocycles. The van der Waals surface area contributed by atoms with Gasteiger partial charge in [-0.2, -0.15) is 10.4 Å². The summed E-state index contributed by atoms with van der Waals surface area (Å²) >= 11 is 0. The third-order valence-electron chi connectivity index (χ3n) is 2.78. The Kier molecular flexibility index (Phi) is 4.00. The lowest BCUT2D eigenvalue weighted by molar-refractivity contribution is -0.118. The molecule has 2 rings (SSSR count). The lowest BCUT2D eigenvalue weighted by Crippen LogP contribution is -2.18. The Balaban J connectivity index is 2.11. The molecule has 0 saturated heterocycles. The number of carbonyl (C=O) groups excluding carboxylic acids is 2. The number of fused-ring (bicyclic) bond motifs is 1. The molecule has 0 amide bonds. The molecule has 0 aliphatic rings. The zero-order valence-corrected chi connectivity index (χ0v) is 11.2. The Morgan fingerprint density at radius 3 is 2.81 bits per heavy atom. The highest BCUT2D eigenvalue weighted by atomic mass is 16.5. The van der Waals surface area contributed by atoms with E-state index >= 15 is 0 Å². The van der Waals surface area contributed by atoms with Crippen LogP contribution in [0.3, 0.4) is 0 Å². The minimum absolute atomic E-state index is 0.0868. The Morgan fingerprint density at radius 1 is 1.43 bits per heavy atom. The van der Waals surface area contributed by atoms with Crippen LogP contribution in [0.1, 0.15) is 17.4 Å². The van der Waals surface area contributed by atoms with Crippen molar-refractivity contribution < 1.29 is 14.3 Å². The van der Waals surface area contributed by atoms with Crippen molar-refractivity contribution in [2.24, 2.45) is 5.73 Å². The van der Waals surface area contributed by atoms with Gasteiger partial charge in [-0.15, -0.1) is 0 Å². The summed E-state index contributed by atoms with van der Waals surface area (Å²) in [6.07, 6.45) is 0. The summed E-state index contributed by atoms with van der Waals surface area (Å²) in [4.78, 5) is 23.6. The summed E-state index contributed by atoms with van der Waals surface area (Å²) in [5.74, 6) is -1.39. The number of hydrogen-bond donors (Lipinski definition) is 2. The number of nitrogens with zero attached hydrogens (tertiary/aromatic N) is 2. The summed E-state index contributed by atoms with van der Waals surface area (Å²) in [6.45, 7) is 0.872. The summed E-state index contributed by atoms with van der Waals surface area (Å²) in [5.41, 5.74) is 6.05. The van der Waals surface area contributed by atoms with Crippen LogP contribution in [0.2, 0.25) is 0 Å². The highest BCUT2D eigenvalue weighted by Gasteiger charge is 2.18. The maximum Gasteiger partial charge on any atom is 0.359 e. The maximum absolute atomic E-state index is 11.9. The fourth-order valence-corrected chi connectivity index (χ4v) is 1.76. The molecule has 7 heteroatoms. The van der Waals surface area contributed by atoms with Gasteiger partial charge in [-0.25, -0.2) is 4.79 Å². The Bertz CT molecular complexity index is 779. The predicted molar refractivity (Wildman–Crippen MR) is 73.9 cm³/mol. The average molecular weight is 284 g/mol. The summed E-state index contributed by atoms with van der Waals surface area (Å²) in [6, 6.07) is 8.71. The van der Waals surface area contributed by atoms with Gasteiger partial charge in [0.25, 0.3) is 0 Å². The molecular weight excluding hydrogens is 272 g/mol. The number of rotatable bonds is 4. The minimum Gasteiger partial charge on any atom is -0.452 e. The van der Waals surface area contributed by atoms with Gasteiger partial charge in [0.2, 0.25) is 5.78 Å². The molecule has 0 atom stereocenters. The molecule has 0 aliphatic heterocycles. The van der Waals surface area contributed by atoms with E-state index in [0.717, 1.165) is 0 Å². The lowest BCUT2D eigenvalue weighted by atomic mass is 10.1. The van der Waals surface area contributed by atoms with Gasteiger partial charge in [0.05, 0.1) is 5.52 Å². The topological polar surface area (TPSA) is 122 Å². The molecular formula is C14H12N4O3. The first-order valence-electron chi connectivity index (χ1n) is 6.04. The number of nitriles is 1. The number of nitrogens with two attached hydrogens (primary N) is 1. The molecule has 1 aromatic carbocycles. The number of aromatic amines is 1. The van der Waals surface area contributed by atoms with Crippen LogP contribution in [0, 0.1) is 11.3 Å². The third-order valence-corrected chi connectivity index (χ3v) is 2.78. The summed E-state index contributed by atoms with van der Waals surface area (Å²) in [7, 11) is 0. The van der Waals surface area contributed by atoms with E-state index in [1.165, 1.54) is 6.92 Å². The van der Waals surface area contributed by atoms with Crippen molar-refractivity contribution >= 4 is 22.7 Å². The van der Waals surface area contributed by atoms with E-state index in [0.29, 0.717) is 10.9 Å². The number of para-hydroxylation sites is 1. The number of Topliss-reactive ketones (excluding diaryl/α,β-unsaturated/α-hetero) is 1. The van der Waals surface area contributed by atoms with Crippen LogP contribution in [-0.4, -0.2) is 28.6 Å². The highest BCUT2D eigenvalue weighted by molar-refractivity contribution is 6.04. The second-order valence-electron chi connectivity index (χ2n) is 4.29. The average Bonchev–Trinajstić information content (AvgIpc) is 2.89. The van der Waals surface area contributed by atoms with Crippen molar-refractivity contribution in [3.8, 4) is 6.07 Å². The smallest absolute Gasteiger partial charge is 0.359 e. The third kappa shape index (κ3) is 2.90. The van der Waals surface area contributed by atoms with Crippen molar-refractivity contribution in [1.82, 2.24) is 10.2 Å². The Morgan fingerprint density at radius 2 is 2.14 bits per heavy atom. The summed E-state index contributed by atoms with van der Waals surface area (Å²) in [5, 5.41) is 15.9. The van der Waals surface area contributed by atoms with Gasteiger partial charge in [-0.3, -0.25) is 9.89 Å². The van der Waals surface area contributed by atoms with E-state index in [4.69, 9.17) is 15.7 Å². The van der Waals surface area contributed by atoms with E-state index in [1.54, 1.807) is 30.3 Å². The van der Waals surface area contributed by atoms with Crippen LogP contribution in [0.15, 0.2) is 35.5 Å². The van der Waals surface area contributed by atoms with Crippen LogP contribution in [0.4, 0.5) is 0 Å². The van der Waals surface area contributed by atoms with Gasteiger partial charge in [0, 0.05) is 11.1 Å². The lowest BCUT2D eigenvalue weighted by Gasteiger charge is -2.03. The predicted octanol–water partition coefficient (Wildman–Crippen LogP) is 1.05. The van der Waals surface area contributed by atoms with E-state index in [2.05, 4.69) is 10.2 Å². The number of H-pyrrole nitrogens is 1. The van der Waals surface area contributed by atoms with Crippen molar-refractivity contribution in [3.05, 3.63) is 41.2 Å². The van der Waals surface area contributed by atoms with Crippen LogP contribution >= 0.6 is 0 Å². The minimum atomic E-state index is -0.743. The summed E-state index contributed by atoms with van der Waals surface area (Å²) < 4.78 is 4.88. The van der Waals surface area contributed by atoms with Gasteiger partial charge < -0.3 is 10.5 Å². The number of hydrogen-bond acceptors (Lipinski definition) is 6. The van der Waals surface area contributed by atoms with Crippen LogP contribution in [-0.2, 0) is 9.53 Å². The number of esters is 1. The fourth-order valence-electron chi connectivity index (χ4n) is 1.76. The second kappa shape index (κ2) is 5.88. The first kappa shape index (κ1) is 14.3. The van der Waals surface area contributed by atoms with E-state index in [-0.39, 0.29) is 17.0 Å². The quantitative estimate of drug-likeness (QED) is 0.491. The second-order valence-corrected chi connectivity index (χ2v) is 4.29. The first-order chi connectivity index (χ1) is 10.0. The molecule has 0 spiro atoms. The molecule has 0 radical (unpaired) electrons. The number of ketones is 1. The maximum atomic E-state index is 11.9. The van der Waals surface area contributed by atoms with Crippen LogP contribution in [0.25, 0.3) is 10.9 Å². The molecule has 0 fully saturated rings. The van der Waals surface area contributed by atoms with Crippen molar-refractivity contribution in [3.63, 3.8) is 0 Å². The number of nitrogens with one attached hydrogen (secondary N) is 1. The molecule has 2 aromatic rings. The highest BCUT2D eigenvalue weighted by Crippen LogP contribution is 2.15. The Hall–Kier alpha value is -3.14. The van der Waals surface area contributed by atoms with Crippen molar-refractivity contribution in [2.75, 3.05) is 6.61 Å². The molecule has 1 aromatic heterocycles. The first-order valence-corrected chi connectivity index (χ1v) is 6.04. The molecule has 0 unspecified atom stereocenters. The van der Waals surface area contributed by atoms with Gasteiger partial charge in [0.1, 0.15) is 11.6 Å². The largest absolute Gasteiger partial charge is 0.452 e.